The van der Waals surface area contributed by atoms with Gasteiger partial charge in [-0.1, -0.05) is 20.8 Å². The maximum atomic E-state index is 12.8. The number of fused-ring (bicyclic) bond motifs is 1. The van der Waals surface area contributed by atoms with Crippen molar-refractivity contribution in [2.75, 3.05) is 36.5 Å². The molecule has 0 aliphatic heterocycles. The summed E-state index contributed by atoms with van der Waals surface area (Å²) in [5, 5.41) is 5.88. The van der Waals surface area contributed by atoms with Crippen molar-refractivity contribution in [3.63, 3.8) is 0 Å². The van der Waals surface area contributed by atoms with Crippen molar-refractivity contribution in [2.45, 2.75) is 52.3 Å². The summed E-state index contributed by atoms with van der Waals surface area (Å²) in [4.78, 5) is 28.8. The zero-order valence-corrected chi connectivity index (χ0v) is 21.5. The number of anilines is 1. The summed E-state index contributed by atoms with van der Waals surface area (Å²) >= 11 is 1.33. The Kier molecular flexibility index (Phi) is 9.79. The van der Waals surface area contributed by atoms with Crippen LogP contribution in [0.2, 0.25) is 0 Å². The van der Waals surface area contributed by atoms with Crippen LogP contribution >= 0.6 is 11.8 Å². The number of aromatic nitrogens is 1. The lowest BCUT2D eigenvalue weighted by Gasteiger charge is -2.23. The number of carbonyl (C=O) groups excluding carboxylic acids is 2. The molecule has 0 radical (unpaired) electrons. The lowest BCUT2D eigenvalue weighted by atomic mass is 9.84. The first kappa shape index (κ1) is 28.7. The number of thioether (sulfide) groups is 1. The lowest BCUT2D eigenvalue weighted by Crippen LogP contribution is -2.39. The van der Waals surface area contributed by atoms with Crippen LogP contribution in [0.4, 0.5) is 18.9 Å². The number of alkyl halides is 3. The van der Waals surface area contributed by atoms with E-state index in [9.17, 15) is 22.8 Å². The Hall–Kier alpha value is -2.53. The van der Waals surface area contributed by atoms with E-state index in [-0.39, 0.29) is 30.0 Å². The van der Waals surface area contributed by atoms with E-state index in [0.717, 1.165) is 11.1 Å². The number of nitrogens with two attached hydrogens (primary N) is 1. The number of hydrogen-bond acceptors (Lipinski definition) is 7. The molecule has 194 valence electrons. The number of nitrogens with one attached hydrogen (secondary N) is 2. The zero-order valence-electron chi connectivity index (χ0n) is 20.6. The highest BCUT2D eigenvalue weighted by Gasteiger charge is 2.27. The van der Waals surface area contributed by atoms with E-state index >= 15 is 0 Å². The van der Waals surface area contributed by atoms with E-state index in [1.807, 2.05) is 20.8 Å². The van der Waals surface area contributed by atoms with Gasteiger partial charge in [0.2, 0.25) is 0 Å². The Bertz CT molecular complexity index is 1050. The van der Waals surface area contributed by atoms with Crippen LogP contribution in [-0.2, 0) is 14.9 Å². The second-order valence-electron chi connectivity index (χ2n) is 9.25. The molecule has 1 aromatic heterocycles. The van der Waals surface area contributed by atoms with Gasteiger partial charge < -0.3 is 21.1 Å². The van der Waals surface area contributed by atoms with Crippen LogP contribution < -0.4 is 16.4 Å². The summed E-state index contributed by atoms with van der Waals surface area (Å²) in [6.45, 7) is 8.71. The molecule has 0 aliphatic rings. The minimum atomic E-state index is -4.34. The maximum Gasteiger partial charge on any atom is 0.405 e. The molecular weight excluding hydrogens is 481 g/mol. The topological polar surface area (TPSA) is 106 Å². The highest BCUT2D eigenvalue weighted by atomic mass is 32.2. The van der Waals surface area contributed by atoms with Gasteiger partial charge in [-0.2, -0.15) is 13.2 Å². The Morgan fingerprint density at radius 3 is 2.49 bits per heavy atom. The van der Waals surface area contributed by atoms with Crippen LogP contribution in [-0.4, -0.2) is 60.3 Å². The van der Waals surface area contributed by atoms with Gasteiger partial charge in [-0.3, -0.25) is 9.59 Å². The monoisotopic (exact) mass is 514 g/mol. The molecule has 1 atom stereocenters. The third-order valence-corrected chi connectivity index (χ3v) is 6.14. The van der Waals surface area contributed by atoms with E-state index in [2.05, 4.69) is 15.6 Å². The Morgan fingerprint density at radius 1 is 1.20 bits per heavy atom. The van der Waals surface area contributed by atoms with Crippen molar-refractivity contribution in [3.05, 3.63) is 35.0 Å². The minimum Gasteiger partial charge on any atom is -0.465 e. The molecule has 2 rings (SSSR count). The van der Waals surface area contributed by atoms with Crippen molar-refractivity contribution in [2.24, 2.45) is 5.73 Å². The molecule has 1 amide bonds. The number of aryl methyl sites for hydroxylation is 1. The van der Waals surface area contributed by atoms with Gasteiger partial charge in [0.1, 0.15) is 12.2 Å². The molecule has 11 heteroatoms. The number of rotatable bonds is 10. The normalized spacial score (nSPS) is 12.9. The summed E-state index contributed by atoms with van der Waals surface area (Å²) in [5.41, 5.74) is 8.16. The van der Waals surface area contributed by atoms with Gasteiger partial charge in [-0.25, -0.2) is 4.98 Å². The summed E-state index contributed by atoms with van der Waals surface area (Å²) in [6.07, 6.45) is -4.34. The van der Waals surface area contributed by atoms with E-state index in [0.29, 0.717) is 29.0 Å². The second-order valence-corrected chi connectivity index (χ2v) is 10.3. The van der Waals surface area contributed by atoms with Crippen LogP contribution in [0, 0.1) is 6.92 Å². The van der Waals surface area contributed by atoms with E-state index < -0.39 is 24.0 Å². The predicted octanol–water partition coefficient (Wildman–Crippen LogP) is 4.17. The van der Waals surface area contributed by atoms with Gasteiger partial charge in [-0.15, -0.1) is 11.8 Å². The summed E-state index contributed by atoms with van der Waals surface area (Å²) in [7, 11) is 0. The highest BCUT2D eigenvalue weighted by molar-refractivity contribution is 7.99. The molecule has 0 spiro atoms. The van der Waals surface area contributed by atoms with Crippen molar-refractivity contribution < 1.29 is 27.5 Å². The summed E-state index contributed by atoms with van der Waals surface area (Å²) in [5.74, 6) is -0.0578. The van der Waals surface area contributed by atoms with Crippen LogP contribution in [0.5, 0.6) is 0 Å². The summed E-state index contributed by atoms with van der Waals surface area (Å²) < 4.78 is 43.0. The first-order chi connectivity index (χ1) is 16.2. The number of hydrogen-bond donors (Lipinski definition) is 3. The van der Waals surface area contributed by atoms with Crippen molar-refractivity contribution in [1.82, 2.24) is 10.3 Å². The predicted molar refractivity (Wildman–Crippen MR) is 134 cm³/mol. The zero-order chi connectivity index (χ0) is 26.4. The number of carbonyl (C=O) groups is 2. The standard InChI is InChI=1S/C24H33F3N4O3S/c1-6-34-20(32)12-35-11-15(28)10-29-22(33)19-7-14(2)17-8-16(30-13-24(25,26)27)9-18(21(17)31-19)23(3,4)5/h7-9,15,30H,6,10-13,28H2,1-5H3,(H,29,33). The van der Waals surface area contributed by atoms with Crippen LogP contribution in [0.1, 0.15) is 49.3 Å². The minimum absolute atomic E-state index is 0.191. The average Bonchev–Trinajstić information content (AvgIpc) is 2.74. The fraction of sp³-hybridized carbons (Fsp3) is 0.542. The molecule has 35 heavy (non-hydrogen) atoms. The van der Waals surface area contributed by atoms with E-state index in [4.69, 9.17) is 10.5 Å². The number of esters is 1. The third-order valence-electron chi connectivity index (χ3n) is 5.04. The maximum absolute atomic E-state index is 12.8. The second kappa shape index (κ2) is 11.9. The fourth-order valence-electron chi connectivity index (χ4n) is 3.35. The number of pyridine rings is 1. The SMILES string of the molecule is CCOC(=O)CSCC(N)CNC(=O)c1cc(C)c2cc(NCC(F)(F)F)cc(C(C)(C)C)c2n1. The third kappa shape index (κ3) is 8.88. The van der Waals surface area contributed by atoms with Gasteiger partial charge in [-0.05, 0) is 48.6 Å². The average molecular weight is 515 g/mol. The molecule has 0 aliphatic carbocycles. The first-order valence-electron chi connectivity index (χ1n) is 11.2. The first-order valence-corrected chi connectivity index (χ1v) is 12.4. The molecule has 4 N–H and O–H groups in total. The molecule has 0 bridgehead atoms. The Labute approximate surface area is 207 Å². The van der Waals surface area contributed by atoms with E-state index in [1.54, 1.807) is 32.0 Å². The van der Waals surface area contributed by atoms with Gasteiger partial charge in [0.15, 0.2) is 0 Å². The molecule has 1 unspecified atom stereocenters. The number of benzene rings is 1. The van der Waals surface area contributed by atoms with Gasteiger partial charge in [0.05, 0.1) is 17.9 Å². The fourth-order valence-corrected chi connectivity index (χ4v) is 4.14. The smallest absolute Gasteiger partial charge is 0.405 e. The number of nitrogens with zero attached hydrogens (tertiary/aromatic N) is 1. The molecule has 0 fully saturated rings. The molecule has 0 saturated carbocycles. The molecule has 2 aromatic rings. The number of amides is 1. The van der Waals surface area contributed by atoms with Crippen LogP contribution in [0.3, 0.4) is 0 Å². The van der Waals surface area contributed by atoms with Crippen LogP contribution in [0.15, 0.2) is 18.2 Å². The largest absolute Gasteiger partial charge is 0.465 e. The Balaban J connectivity index is 2.20. The van der Waals surface area contributed by atoms with E-state index in [1.165, 1.54) is 11.8 Å². The van der Waals surface area contributed by atoms with Crippen molar-refractivity contribution in [1.29, 1.82) is 0 Å². The van der Waals surface area contributed by atoms with Gasteiger partial charge >= 0.3 is 12.1 Å². The lowest BCUT2D eigenvalue weighted by molar-refractivity contribution is -0.139. The van der Waals surface area contributed by atoms with Crippen molar-refractivity contribution in [3.8, 4) is 0 Å². The molecule has 0 saturated heterocycles. The number of halogens is 3. The highest BCUT2D eigenvalue weighted by Crippen LogP contribution is 2.34. The Morgan fingerprint density at radius 2 is 1.89 bits per heavy atom. The molecule has 1 aromatic carbocycles. The van der Waals surface area contributed by atoms with Crippen molar-refractivity contribution >= 4 is 40.2 Å². The van der Waals surface area contributed by atoms with Crippen LogP contribution in [0.25, 0.3) is 10.9 Å². The van der Waals surface area contributed by atoms with Gasteiger partial charge in [0, 0.05) is 29.4 Å². The number of ether oxygens (including phenoxy) is 1. The molecule has 7 nitrogen and oxygen atoms in total. The van der Waals surface area contributed by atoms with Gasteiger partial charge in [0.25, 0.3) is 5.91 Å². The molecule has 1 heterocycles. The quantitative estimate of drug-likeness (QED) is 0.409. The molecular formula is C24H33F3N4O3S. The summed E-state index contributed by atoms with van der Waals surface area (Å²) in [6, 6.07) is 4.52.